The van der Waals surface area contributed by atoms with Gasteiger partial charge in [0.2, 0.25) is 5.91 Å². The van der Waals surface area contributed by atoms with Gasteiger partial charge in [-0.2, -0.15) is 5.10 Å². The van der Waals surface area contributed by atoms with E-state index in [1.807, 2.05) is 32.4 Å². The van der Waals surface area contributed by atoms with Gasteiger partial charge in [-0.1, -0.05) is 0 Å². The molecule has 1 saturated heterocycles. The molecule has 2 heterocycles. The molecule has 1 amide bonds. The number of nitrogens with one attached hydrogen (secondary N) is 1. The van der Waals surface area contributed by atoms with E-state index in [0.717, 1.165) is 31.7 Å². The predicted molar refractivity (Wildman–Crippen MR) is 113 cm³/mol. The molecule has 29 heavy (non-hydrogen) atoms. The first-order valence-electron chi connectivity index (χ1n) is 9.78. The van der Waals surface area contributed by atoms with E-state index >= 15 is 0 Å². The summed E-state index contributed by atoms with van der Waals surface area (Å²) in [5.41, 5.74) is 0.616. The van der Waals surface area contributed by atoms with Crippen molar-refractivity contribution >= 4 is 18.1 Å². The van der Waals surface area contributed by atoms with E-state index < -0.39 is 0 Å². The SMILES string of the molecule is Cn1c(-c2ccc(F)cc2)nn(CN2CCN(CC(=O)NC(C)(C)C)CC2)c1=S. The summed E-state index contributed by atoms with van der Waals surface area (Å²) in [5, 5.41) is 7.65. The summed E-state index contributed by atoms with van der Waals surface area (Å²) in [6.07, 6.45) is 0. The van der Waals surface area contributed by atoms with E-state index in [0.29, 0.717) is 23.8 Å². The summed E-state index contributed by atoms with van der Waals surface area (Å²) in [6.45, 7) is 10.3. The van der Waals surface area contributed by atoms with Crippen LogP contribution in [-0.4, -0.2) is 68.3 Å². The number of benzene rings is 1. The van der Waals surface area contributed by atoms with E-state index in [4.69, 9.17) is 12.2 Å². The van der Waals surface area contributed by atoms with Crippen LogP contribution in [0.1, 0.15) is 20.8 Å². The van der Waals surface area contributed by atoms with Crippen LogP contribution in [0.4, 0.5) is 4.39 Å². The molecule has 0 bridgehead atoms. The predicted octanol–water partition coefficient (Wildman–Crippen LogP) is 2.25. The molecule has 7 nitrogen and oxygen atoms in total. The zero-order valence-electron chi connectivity index (χ0n) is 17.5. The largest absolute Gasteiger partial charge is 0.350 e. The maximum absolute atomic E-state index is 13.2. The number of hydrogen-bond acceptors (Lipinski definition) is 5. The van der Waals surface area contributed by atoms with E-state index in [2.05, 4.69) is 20.2 Å². The van der Waals surface area contributed by atoms with Crippen molar-refractivity contribution < 1.29 is 9.18 Å². The minimum absolute atomic E-state index is 0.0573. The zero-order chi connectivity index (χ0) is 21.2. The van der Waals surface area contributed by atoms with E-state index in [1.54, 1.807) is 16.8 Å². The van der Waals surface area contributed by atoms with Gasteiger partial charge < -0.3 is 9.88 Å². The lowest BCUT2D eigenvalue weighted by Crippen LogP contribution is -2.51. The van der Waals surface area contributed by atoms with Crippen LogP contribution < -0.4 is 5.32 Å². The zero-order valence-corrected chi connectivity index (χ0v) is 18.3. The summed E-state index contributed by atoms with van der Waals surface area (Å²) >= 11 is 5.54. The molecule has 0 aliphatic carbocycles. The third-order valence-corrected chi connectivity index (χ3v) is 5.31. The van der Waals surface area contributed by atoms with Crippen LogP contribution in [-0.2, 0) is 18.5 Å². The second-order valence-electron chi connectivity index (χ2n) is 8.51. The summed E-state index contributed by atoms with van der Waals surface area (Å²) < 4.78 is 17.5. The van der Waals surface area contributed by atoms with Crippen LogP contribution >= 0.6 is 12.2 Å². The number of amides is 1. The Bertz CT molecular complexity index is 907. The number of carbonyl (C=O) groups is 1. The molecule has 2 aromatic rings. The average molecular weight is 421 g/mol. The van der Waals surface area contributed by atoms with Crippen molar-refractivity contribution in [3.63, 3.8) is 0 Å². The minimum atomic E-state index is -0.275. The number of nitrogens with zero attached hydrogens (tertiary/aromatic N) is 5. The molecule has 0 atom stereocenters. The number of hydrogen-bond donors (Lipinski definition) is 1. The maximum atomic E-state index is 13.2. The minimum Gasteiger partial charge on any atom is -0.350 e. The van der Waals surface area contributed by atoms with Gasteiger partial charge in [0.15, 0.2) is 10.6 Å². The Labute approximate surface area is 176 Å². The molecule has 0 unspecified atom stereocenters. The molecule has 0 spiro atoms. The Morgan fingerprint density at radius 2 is 1.72 bits per heavy atom. The molecule has 1 aliphatic rings. The lowest BCUT2D eigenvalue weighted by Gasteiger charge is -2.34. The highest BCUT2D eigenvalue weighted by Gasteiger charge is 2.22. The van der Waals surface area contributed by atoms with Gasteiger partial charge in [0.25, 0.3) is 0 Å². The lowest BCUT2D eigenvalue weighted by atomic mass is 10.1. The summed E-state index contributed by atoms with van der Waals surface area (Å²) in [6, 6.07) is 6.26. The van der Waals surface area contributed by atoms with Gasteiger partial charge in [-0.3, -0.25) is 14.6 Å². The van der Waals surface area contributed by atoms with Crippen LogP contribution in [0.5, 0.6) is 0 Å². The highest BCUT2D eigenvalue weighted by Crippen LogP contribution is 2.18. The summed E-state index contributed by atoms with van der Waals surface area (Å²) in [7, 11) is 1.87. The van der Waals surface area contributed by atoms with Gasteiger partial charge in [0.1, 0.15) is 5.82 Å². The molecule has 3 rings (SSSR count). The highest BCUT2D eigenvalue weighted by atomic mass is 32.1. The van der Waals surface area contributed by atoms with Crippen molar-refractivity contribution in [2.75, 3.05) is 32.7 Å². The molecule has 1 fully saturated rings. The molecule has 1 aromatic carbocycles. The van der Waals surface area contributed by atoms with Crippen molar-refractivity contribution in [3.8, 4) is 11.4 Å². The number of rotatable bonds is 5. The molecule has 1 aliphatic heterocycles. The fourth-order valence-electron chi connectivity index (χ4n) is 3.37. The number of piperazine rings is 1. The van der Waals surface area contributed by atoms with Gasteiger partial charge in [-0.25, -0.2) is 9.07 Å². The van der Waals surface area contributed by atoms with Crippen molar-refractivity contribution in [2.45, 2.75) is 33.0 Å². The molecule has 0 saturated carbocycles. The van der Waals surface area contributed by atoms with Crippen LogP contribution in [0.25, 0.3) is 11.4 Å². The van der Waals surface area contributed by atoms with Gasteiger partial charge in [-0.15, -0.1) is 0 Å². The standard InChI is InChI=1S/C20H29FN6OS/c1-20(2,3)22-17(28)13-25-9-11-26(12-10-25)14-27-19(29)24(4)18(23-27)15-5-7-16(21)8-6-15/h5-8H,9-14H2,1-4H3,(H,22,28). The quantitative estimate of drug-likeness (QED) is 0.752. The van der Waals surface area contributed by atoms with Crippen LogP contribution in [0, 0.1) is 10.6 Å². The Balaban J connectivity index is 1.58. The Kier molecular flexibility index (Phi) is 6.50. The molecular weight excluding hydrogens is 391 g/mol. The Morgan fingerprint density at radius 1 is 1.14 bits per heavy atom. The van der Waals surface area contributed by atoms with E-state index in [1.165, 1.54) is 12.1 Å². The Hall–Kier alpha value is -2.10. The third kappa shape index (κ3) is 5.71. The van der Waals surface area contributed by atoms with Crippen molar-refractivity contribution in [1.29, 1.82) is 0 Å². The average Bonchev–Trinajstić information content (AvgIpc) is 2.91. The fraction of sp³-hybridized carbons (Fsp3) is 0.550. The number of carbonyl (C=O) groups excluding carboxylic acids is 1. The van der Waals surface area contributed by atoms with Gasteiger partial charge in [-0.05, 0) is 57.3 Å². The molecule has 0 radical (unpaired) electrons. The Morgan fingerprint density at radius 3 is 2.31 bits per heavy atom. The molecule has 158 valence electrons. The van der Waals surface area contributed by atoms with Gasteiger partial charge >= 0.3 is 0 Å². The highest BCUT2D eigenvalue weighted by molar-refractivity contribution is 7.71. The van der Waals surface area contributed by atoms with Crippen molar-refractivity contribution in [1.82, 2.24) is 29.5 Å². The first kappa shape index (κ1) is 21.6. The number of halogens is 1. The molecule has 9 heteroatoms. The first-order chi connectivity index (χ1) is 13.6. The van der Waals surface area contributed by atoms with Crippen molar-refractivity contribution in [2.24, 2.45) is 7.05 Å². The fourth-order valence-corrected chi connectivity index (χ4v) is 3.55. The normalized spacial score (nSPS) is 16.2. The van der Waals surface area contributed by atoms with E-state index in [9.17, 15) is 9.18 Å². The summed E-state index contributed by atoms with van der Waals surface area (Å²) in [5.74, 6) is 0.498. The second kappa shape index (κ2) is 8.73. The van der Waals surface area contributed by atoms with Crippen LogP contribution in [0.15, 0.2) is 24.3 Å². The topological polar surface area (TPSA) is 58.3 Å². The van der Waals surface area contributed by atoms with Gasteiger partial charge in [0, 0.05) is 44.3 Å². The molecule has 1 aromatic heterocycles. The first-order valence-corrected chi connectivity index (χ1v) is 10.2. The van der Waals surface area contributed by atoms with Gasteiger partial charge in [0.05, 0.1) is 13.2 Å². The van der Waals surface area contributed by atoms with E-state index in [-0.39, 0.29) is 17.3 Å². The number of aromatic nitrogens is 3. The summed E-state index contributed by atoms with van der Waals surface area (Å²) in [4.78, 5) is 16.6. The van der Waals surface area contributed by atoms with Crippen molar-refractivity contribution in [3.05, 3.63) is 34.9 Å². The third-order valence-electron chi connectivity index (χ3n) is 4.82. The maximum Gasteiger partial charge on any atom is 0.234 e. The second-order valence-corrected chi connectivity index (χ2v) is 8.87. The van der Waals surface area contributed by atoms with Crippen LogP contribution in [0.3, 0.4) is 0 Å². The monoisotopic (exact) mass is 420 g/mol. The smallest absolute Gasteiger partial charge is 0.234 e. The lowest BCUT2D eigenvalue weighted by molar-refractivity contribution is -0.124. The molecular formula is C20H29FN6OS. The molecule has 1 N–H and O–H groups in total. The van der Waals surface area contributed by atoms with Crippen LogP contribution in [0.2, 0.25) is 0 Å².